The van der Waals surface area contributed by atoms with Gasteiger partial charge in [-0.05, 0) is 31.2 Å². The number of ketones is 1. The van der Waals surface area contributed by atoms with Gasteiger partial charge in [-0.3, -0.25) is 4.79 Å². The first-order valence-corrected chi connectivity index (χ1v) is 6.57. The third-order valence-corrected chi connectivity index (χ3v) is 3.70. The summed E-state index contributed by atoms with van der Waals surface area (Å²) in [6, 6.07) is 11.6. The first kappa shape index (κ1) is 12.8. The summed E-state index contributed by atoms with van der Waals surface area (Å²) in [5.41, 5.74) is 6.45. The summed E-state index contributed by atoms with van der Waals surface area (Å²) in [4.78, 5) is 13.1. The molecule has 0 saturated carbocycles. The van der Waals surface area contributed by atoms with E-state index in [9.17, 15) is 4.79 Å². The number of carbonyl (C=O) groups is 1. The average molecular weight is 261 g/mol. The highest BCUT2D eigenvalue weighted by Crippen LogP contribution is 2.34. The number of carbonyl (C=O) groups excluding carboxylic acids is 1. The zero-order valence-corrected chi connectivity index (χ0v) is 11.0. The smallest absolute Gasteiger partial charge is 0.169 e. The maximum atomic E-state index is 11.3. The van der Waals surface area contributed by atoms with Gasteiger partial charge in [-0.1, -0.05) is 12.1 Å². The summed E-state index contributed by atoms with van der Waals surface area (Å²) in [5, 5.41) is 0. The van der Waals surface area contributed by atoms with Crippen molar-refractivity contribution in [3.05, 3.63) is 41.3 Å². The van der Waals surface area contributed by atoms with Gasteiger partial charge in [0.15, 0.2) is 5.78 Å². The minimum atomic E-state index is 0.0895. The number of hydrogen-bond acceptors (Lipinski definition) is 4. The molecular weight excluding hydrogens is 246 g/mol. The molecule has 0 aliphatic carbocycles. The molecular formula is C14H15NO2S. The highest BCUT2D eigenvalue weighted by molar-refractivity contribution is 7.17. The maximum Gasteiger partial charge on any atom is 0.169 e. The van der Waals surface area contributed by atoms with Crippen LogP contribution in [0.4, 0.5) is 0 Å². The Morgan fingerprint density at radius 2 is 2.06 bits per heavy atom. The van der Waals surface area contributed by atoms with E-state index in [0.717, 1.165) is 21.1 Å². The van der Waals surface area contributed by atoms with Crippen molar-refractivity contribution in [1.82, 2.24) is 0 Å². The predicted octanol–water partition coefficient (Wildman–Crippen LogP) is 2.96. The Balaban J connectivity index is 2.33. The van der Waals surface area contributed by atoms with Gasteiger partial charge >= 0.3 is 0 Å². The van der Waals surface area contributed by atoms with E-state index in [-0.39, 0.29) is 5.78 Å². The van der Waals surface area contributed by atoms with Gasteiger partial charge in [-0.15, -0.1) is 11.3 Å². The van der Waals surface area contributed by atoms with Crippen LogP contribution in [0.1, 0.15) is 16.6 Å². The largest absolute Gasteiger partial charge is 0.492 e. The van der Waals surface area contributed by atoms with E-state index in [1.165, 1.54) is 11.3 Å². The van der Waals surface area contributed by atoms with Gasteiger partial charge in [-0.25, -0.2) is 0 Å². The van der Waals surface area contributed by atoms with Crippen LogP contribution in [0.3, 0.4) is 0 Å². The standard InChI is InChI=1S/C14H15NO2S/c1-10(16)13-6-7-14(18-13)11-4-2-3-5-12(11)17-9-8-15/h2-7H,8-9,15H2,1H3. The van der Waals surface area contributed by atoms with Crippen LogP contribution >= 0.6 is 11.3 Å². The number of nitrogens with two attached hydrogens (primary N) is 1. The predicted molar refractivity (Wildman–Crippen MR) is 74.3 cm³/mol. The lowest BCUT2D eigenvalue weighted by Crippen LogP contribution is -2.10. The van der Waals surface area contributed by atoms with Gasteiger partial charge in [-0.2, -0.15) is 0 Å². The Morgan fingerprint density at radius 1 is 1.28 bits per heavy atom. The summed E-state index contributed by atoms with van der Waals surface area (Å²) in [7, 11) is 0. The van der Waals surface area contributed by atoms with E-state index in [0.29, 0.717) is 13.2 Å². The summed E-state index contributed by atoms with van der Waals surface area (Å²) in [5.74, 6) is 0.895. The Morgan fingerprint density at radius 3 is 2.72 bits per heavy atom. The second-order valence-corrected chi connectivity index (χ2v) is 4.94. The van der Waals surface area contributed by atoms with Crippen LogP contribution in [0.2, 0.25) is 0 Å². The molecule has 1 aromatic heterocycles. The van der Waals surface area contributed by atoms with Crippen LogP contribution in [0.5, 0.6) is 5.75 Å². The molecule has 2 N–H and O–H groups in total. The molecule has 2 aromatic rings. The third-order valence-electron chi connectivity index (χ3n) is 2.48. The van der Waals surface area contributed by atoms with Gasteiger partial charge in [0, 0.05) is 17.0 Å². The van der Waals surface area contributed by atoms with Crippen LogP contribution in [0.25, 0.3) is 10.4 Å². The SMILES string of the molecule is CC(=O)c1ccc(-c2ccccc2OCCN)s1. The lowest BCUT2D eigenvalue weighted by Gasteiger charge is -2.09. The molecule has 0 unspecified atom stereocenters. The molecule has 3 nitrogen and oxygen atoms in total. The third kappa shape index (κ3) is 2.78. The highest BCUT2D eigenvalue weighted by atomic mass is 32.1. The van der Waals surface area contributed by atoms with Crippen LogP contribution in [0.15, 0.2) is 36.4 Å². The first-order chi connectivity index (χ1) is 8.72. The first-order valence-electron chi connectivity index (χ1n) is 5.75. The molecule has 0 radical (unpaired) electrons. The summed E-state index contributed by atoms with van der Waals surface area (Å²) in [6.07, 6.45) is 0. The second-order valence-electron chi connectivity index (χ2n) is 3.85. The molecule has 1 aromatic carbocycles. The van der Waals surface area contributed by atoms with E-state index in [1.807, 2.05) is 36.4 Å². The Bertz CT molecular complexity index is 548. The van der Waals surface area contributed by atoms with Gasteiger partial charge in [0.05, 0.1) is 4.88 Å². The minimum absolute atomic E-state index is 0.0895. The zero-order valence-electron chi connectivity index (χ0n) is 10.2. The molecule has 2 rings (SSSR count). The van der Waals surface area contributed by atoms with Crippen molar-refractivity contribution in [3.63, 3.8) is 0 Å². The lowest BCUT2D eigenvalue weighted by molar-refractivity contribution is 0.102. The van der Waals surface area contributed by atoms with E-state index < -0.39 is 0 Å². The number of Topliss-reactive ketones (excluding diaryl/α,β-unsaturated/α-hetero) is 1. The van der Waals surface area contributed by atoms with Crippen LogP contribution in [0, 0.1) is 0 Å². The molecule has 0 atom stereocenters. The van der Waals surface area contributed by atoms with Crippen LogP contribution < -0.4 is 10.5 Å². The monoisotopic (exact) mass is 261 g/mol. The molecule has 0 bridgehead atoms. The normalized spacial score (nSPS) is 10.3. The molecule has 0 spiro atoms. The molecule has 1 heterocycles. The van der Waals surface area contributed by atoms with Gasteiger partial charge in [0.1, 0.15) is 12.4 Å². The van der Waals surface area contributed by atoms with Crippen LogP contribution in [-0.2, 0) is 0 Å². The summed E-state index contributed by atoms with van der Waals surface area (Å²) < 4.78 is 5.61. The molecule has 4 heteroatoms. The van der Waals surface area contributed by atoms with Gasteiger partial charge in [0.2, 0.25) is 0 Å². The van der Waals surface area contributed by atoms with Crippen molar-refractivity contribution in [2.75, 3.05) is 13.2 Å². The average Bonchev–Trinajstić information content (AvgIpc) is 2.86. The van der Waals surface area contributed by atoms with E-state index in [4.69, 9.17) is 10.5 Å². The maximum absolute atomic E-state index is 11.3. The van der Waals surface area contributed by atoms with Crippen LogP contribution in [-0.4, -0.2) is 18.9 Å². The zero-order chi connectivity index (χ0) is 13.0. The second kappa shape index (κ2) is 5.80. The van der Waals surface area contributed by atoms with Crippen molar-refractivity contribution < 1.29 is 9.53 Å². The molecule has 18 heavy (non-hydrogen) atoms. The Hall–Kier alpha value is -1.65. The minimum Gasteiger partial charge on any atom is -0.492 e. The van der Waals surface area contributed by atoms with Gasteiger partial charge in [0.25, 0.3) is 0 Å². The lowest BCUT2D eigenvalue weighted by atomic mass is 10.1. The Kier molecular flexibility index (Phi) is 4.12. The molecule has 0 aliphatic rings. The Labute approximate surface area is 110 Å². The van der Waals surface area contributed by atoms with Crippen molar-refractivity contribution in [2.24, 2.45) is 5.73 Å². The molecule has 0 fully saturated rings. The number of hydrogen-bond donors (Lipinski definition) is 1. The number of thiophene rings is 1. The van der Waals surface area contributed by atoms with E-state index in [1.54, 1.807) is 6.92 Å². The quantitative estimate of drug-likeness (QED) is 0.842. The number of benzene rings is 1. The topological polar surface area (TPSA) is 52.3 Å². The fourth-order valence-corrected chi connectivity index (χ4v) is 2.57. The summed E-state index contributed by atoms with van der Waals surface area (Å²) in [6.45, 7) is 2.55. The van der Waals surface area contributed by atoms with Gasteiger partial charge < -0.3 is 10.5 Å². The van der Waals surface area contributed by atoms with Crippen molar-refractivity contribution in [1.29, 1.82) is 0 Å². The molecule has 0 saturated heterocycles. The number of para-hydroxylation sites is 1. The summed E-state index contributed by atoms with van der Waals surface area (Å²) >= 11 is 1.48. The number of ether oxygens (including phenoxy) is 1. The van der Waals surface area contributed by atoms with Crippen molar-refractivity contribution in [2.45, 2.75) is 6.92 Å². The van der Waals surface area contributed by atoms with E-state index >= 15 is 0 Å². The van der Waals surface area contributed by atoms with E-state index in [2.05, 4.69) is 0 Å². The fraction of sp³-hybridized carbons (Fsp3) is 0.214. The number of rotatable bonds is 5. The fourth-order valence-electron chi connectivity index (χ4n) is 1.64. The van der Waals surface area contributed by atoms with Crippen molar-refractivity contribution >= 4 is 17.1 Å². The molecule has 0 amide bonds. The molecule has 0 aliphatic heterocycles. The highest BCUT2D eigenvalue weighted by Gasteiger charge is 2.10. The molecule has 94 valence electrons. The van der Waals surface area contributed by atoms with Crippen molar-refractivity contribution in [3.8, 4) is 16.2 Å².